The fraction of sp³-hybridized carbons (Fsp3) is 0.0526. The molecule has 0 unspecified atom stereocenters. The maximum absolute atomic E-state index is 12.3. The standard InChI is InChI=1S/C19H12N2O4S2/c22-16-15(27-19(26)20-16)9-11-5-7-12(8-6-11)25-10-21-17(23)13-3-1-2-4-14(13)18(21)24/h1-9H,10H2,(H,20,22,26)/b15-9-. The second-order valence-corrected chi connectivity index (χ2v) is 7.50. The molecule has 2 heterocycles. The zero-order chi connectivity index (χ0) is 19.0. The largest absolute Gasteiger partial charge is 0.473 e. The molecule has 0 saturated carbocycles. The van der Waals surface area contributed by atoms with Crippen LogP contribution in [0.5, 0.6) is 5.75 Å². The lowest BCUT2D eigenvalue weighted by atomic mass is 10.1. The molecule has 1 N–H and O–H groups in total. The molecule has 27 heavy (non-hydrogen) atoms. The highest BCUT2D eigenvalue weighted by Gasteiger charge is 2.35. The van der Waals surface area contributed by atoms with Crippen LogP contribution in [0.1, 0.15) is 26.3 Å². The summed E-state index contributed by atoms with van der Waals surface area (Å²) in [5.41, 5.74) is 1.59. The summed E-state index contributed by atoms with van der Waals surface area (Å²) in [6.45, 7) is -0.167. The number of nitrogens with one attached hydrogen (secondary N) is 1. The van der Waals surface area contributed by atoms with Crippen LogP contribution in [0.4, 0.5) is 0 Å². The zero-order valence-corrected chi connectivity index (χ0v) is 15.4. The van der Waals surface area contributed by atoms with Crippen molar-refractivity contribution in [3.63, 3.8) is 0 Å². The number of thiocarbonyl (C=S) groups is 1. The van der Waals surface area contributed by atoms with Crippen LogP contribution in [-0.4, -0.2) is 33.7 Å². The lowest BCUT2D eigenvalue weighted by Gasteiger charge is -2.15. The van der Waals surface area contributed by atoms with E-state index in [0.29, 0.717) is 26.1 Å². The van der Waals surface area contributed by atoms with E-state index in [1.807, 2.05) is 0 Å². The normalized spacial score (nSPS) is 17.5. The van der Waals surface area contributed by atoms with E-state index in [1.54, 1.807) is 54.6 Å². The van der Waals surface area contributed by atoms with Crippen LogP contribution in [0.2, 0.25) is 0 Å². The van der Waals surface area contributed by atoms with Gasteiger partial charge in [0, 0.05) is 0 Å². The predicted octanol–water partition coefficient (Wildman–Crippen LogP) is 2.81. The van der Waals surface area contributed by atoms with E-state index < -0.39 is 0 Å². The number of nitrogens with zero attached hydrogens (tertiary/aromatic N) is 1. The molecule has 0 aromatic heterocycles. The quantitative estimate of drug-likeness (QED) is 0.487. The molecule has 134 valence electrons. The highest BCUT2D eigenvalue weighted by molar-refractivity contribution is 8.26. The van der Waals surface area contributed by atoms with Crippen LogP contribution in [-0.2, 0) is 4.79 Å². The van der Waals surface area contributed by atoms with E-state index >= 15 is 0 Å². The molecule has 2 aromatic rings. The van der Waals surface area contributed by atoms with E-state index in [-0.39, 0.29) is 24.5 Å². The smallest absolute Gasteiger partial charge is 0.264 e. The van der Waals surface area contributed by atoms with Gasteiger partial charge in [-0.2, -0.15) is 0 Å². The number of fused-ring (bicyclic) bond motifs is 1. The number of hydrogen-bond donors (Lipinski definition) is 1. The summed E-state index contributed by atoms with van der Waals surface area (Å²) < 4.78 is 6.02. The Labute approximate surface area is 164 Å². The van der Waals surface area contributed by atoms with Gasteiger partial charge in [-0.1, -0.05) is 48.2 Å². The molecule has 0 bridgehead atoms. The van der Waals surface area contributed by atoms with Crippen LogP contribution in [0.25, 0.3) is 6.08 Å². The Bertz CT molecular complexity index is 980. The van der Waals surface area contributed by atoms with E-state index in [1.165, 1.54) is 11.8 Å². The number of imide groups is 1. The molecule has 0 atom stereocenters. The molecule has 6 nitrogen and oxygen atoms in total. The zero-order valence-electron chi connectivity index (χ0n) is 13.8. The van der Waals surface area contributed by atoms with Crippen molar-refractivity contribution in [1.82, 2.24) is 10.2 Å². The lowest BCUT2D eigenvalue weighted by Crippen LogP contribution is -2.33. The van der Waals surface area contributed by atoms with Crippen LogP contribution in [0.15, 0.2) is 53.4 Å². The second-order valence-electron chi connectivity index (χ2n) is 5.78. The van der Waals surface area contributed by atoms with Gasteiger partial charge < -0.3 is 10.1 Å². The summed E-state index contributed by atoms with van der Waals surface area (Å²) in [5, 5.41) is 2.56. The summed E-state index contributed by atoms with van der Waals surface area (Å²) in [6.07, 6.45) is 1.73. The minimum Gasteiger partial charge on any atom is -0.473 e. The minimum absolute atomic E-state index is 0.167. The van der Waals surface area contributed by atoms with E-state index in [2.05, 4.69) is 5.32 Å². The second kappa shape index (κ2) is 6.98. The Morgan fingerprint density at radius 2 is 1.63 bits per heavy atom. The van der Waals surface area contributed by atoms with Gasteiger partial charge in [0.05, 0.1) is 16.0 Å². The maximum atomic E-state index is 12.3. The van der Waals surface area contributed by atoms with Crippen molar-refractivity contribution in [2.75, 3.05) is 6.73 Å². The summed E-state index contributed by atoms with van der Waals surface area (Å²) in [7, 11) is 0. The minimum atomic E-state index is -0.364. The van der Waals surface area contributed by atoms with Crippen molar-refractivity contribution in [3.05, 3.63) is 70.1 Å². The van der Waals surface area contributed by atoms with E-state index in [9.17, 15) is 14.4 Å². The van der Waals surface area contributed by atoms with Crippen LogP contribution < -0.4 is 10.1 Å². The summed E-state index contributed by atoms with van der Waals surface area (Å²) >= 11 is 6.17. The van der Waals surface area contributed by atoms with Gasteiger partial charge in [-0.15, -0.1) is 0 Å². The summed E-state index contributed by atoms with van der Waals surface area (Å²) in [6, 6.07) is 13.7. The Morgan fingerprint density at radius 3 is 2.19 bits per heavy atom. The monoisotopic (exact) mass is 396 g/mol. The molecule has 1 fully saturated rings. The third kappa shape index (κ3) is 3.36. The highest BCUT2D eigenvalue weighted by atomic mass is 32.2. The molecular formula is C19H12N2O4S2. The van der Waals surface area contributed by atoms with E-state index in [0.717, 1.165) is 10.5 Å². The topological polar surface area (TPSA) is 75.7 Å². The molecule has 1 saturated heterocycles. The molecule has 0 spiro atoms. The lowest BCUT2D eigenvalue weighted by molar-refractivity contribution is -0.115. The van der Waals surface area contributed by atoms with Gasteiger partial charge in [-0.3, -0.25) is 14.4 Å². The number of hydrogen-bond acceptors (Lipinski definition) is 6. The predicted molar refractivity (Wildman–Crippen MR) is 105 cm³/mol. The first-order chi connectivity index (χ1) is 13.0. The van der Waals surface area contributed by atoms with Gasteiger partial charge in [0.2, 0.25) is 0 Å². The number of ether oxygens (including phenoxy) is 1. The summed E-state index contributed by atoms with van der Waals surface area (Å²) in [4.78, 5) is 37.9. The average molecular weight is 396 g/mol. The Morgan fingerprint density at radius 1 is 1.00 bits per heavy atom. The average Bonchev–Trinajstić information content (AvgIpc) is 3.11. The van der Waals surface area contributed by atoms with Gasteiger partial charge in [-0.25, -0.2) is 4.90 Å². The number of amides is 3. The number of benzene rings is 2. The van der Waals surface area contributed by atoms with Crippen molar-refractivity contribution in [1.29, 1.82) is 0 Å². The molecule has 0 radical (unpaired) electrons. The van der Waals surface area contributed by atoms with E-state index in [4.69, 9.17) is 17.0 Å². The third-order valence-corrected chi connectivity index (χ3v) is 5.22. The van der Waals surface area contributed by atoms with Gasteiger partial charge >= 0.3 is 0 Å². The van der Waals surface area contributed by atoms with Gasteiger partial charge in [-0.05, 0) is 35.9 Å². The van der Waals surface area contributed by atoms with Crippen molar-refractivity contribution in [2.24, 2.45) is 0 Å². The SMILES string of the molecule is O=C1NC(=S)S/C1=C\c1ccc(OCN2C(=O)c3ccccc3C2=O)cc1. The van der Waals surface area contributed by atoms with Crippen molar-refractivity contribution < 1.29 is 19.1 Å². The van der Waals surface area contributed by atoms with Crippen LogP contribution in [0.3, 0.4) is 0 Å². The fourth-order valence-electron chi connectivity index (χ4n) is 2.73. The number of rotatable bonds is 4. The molecule has 3 amide bonds. The number of carbonyl (C=O) groups is 3. The Balaban J connectivity index is 1.42. The molecule has 8 heteroatoms. The highest BCUT2D eigenvalue weighted by Crippen LogP contribution is 2.27. The van der Waals surface area contributed by atoms with Crippen molar-refractivity contribution in [2.45, 2.75) is 0 Å². The molecule has 4 rings (SSSR count). The van der Waals surface area contributed by atoms with Crippen molar-refractivity contribution >= 4 is 52.1 Å². The molecule has 2 aliphatic rings. The first kappa shape index (κ1) is 17.4. The number of carbonyl (C=O) groups excluding carboxylic acids is 3. The van der Waals surface area contributed by atoms with Crippen LogP contribution in [0, 0.1) is 0 Å². The first-order valence-corrected chi connectivity index (χ1v) is 9.18. The van der Waals surface area contributed by atoms with Gasteiger partial charge in [0.15, 0.2) is 6.73 Å². The third-order valence-electron chi connectivity index (χ3n) is 4.06. The molecule has 2 aromatic carbocycles. The first-order valence-electron chi connectivity index (χ1n) is 7.96. The van der Waals surface area contributed by atoms with Crippen LogP contribution >= 0.6 is 24.0 Å². The summed E-state index contributed by atoms with van der Waals surface area (Å²) in [5.74, 6) is -0.432. The maximum Gasteiger partial charge on any atom is 0.264 e. The van der Waals surface area contributed by atoms with Crippen molar-refractivity contribution in [3.8, 4) is 5.75 Å². The molecule has 0 aliphatic carbocycles. The van der Waals surface area contributed by atoms with Gasteiger partial charge in [0.1, 0.15) is 10.1 Å². The fourth-order valence-corrected chi connectivity index (χ4v) is 3.77. The Kier molecular flexibility index (Phi) is 4.51. The number of thioether (sulfide) groups is 1. The van der Waals surface area contributed by atoms with Gasteiger partial charge in [0.25, 0.3) is 17.7 Å². The molecular weight excluding hydrogens is 384 g/mol. The Hall–Kier alpha value is -2.97. The molecule has 2 aliphatic heterocycles.